The van der Waals surface area contributed by atoms with Crippen LogP contribution in [0.5, 0.6) is 17.2 Å². The number of rotatable bonds is 7. The van der Waals surface area contributed by atoms with E-state index in [2.05, 4.69) is 24.0 Å². The summed E-state index contributed by atoms with van der Waals surface area (Å²) >= 11 is 0. The number of ether oxygens (including phenoxy) is 4. The number of esters is 1. The number of carbonyl (C=O) groups is 1. The van der Waals surface area contributed by atoms with Gasteiger partial charge in [0.05, 0.1) is 37.2 Å². The summed E-state index contributed by atoms with van der Waals surface area (Å²) < 4.78 is 33.6. The molecule has 3 aliphatic rings. The van der Waals surface area contributed by atoms with Crippen molar-refractivity contribution in [1.29, 1.82) is 0 Å². The van der Waals surface area contributed by atoms with Crippen molar-refractivity contribution in [3.63, 3.8) is 0 Å². The van der Waals surface area contributed by atoms with Crippen LogP contribution >= 0.6 is 0 Å². The molecule has 0 fully saturated rings. The number of aliphatic hydroxyl groups excluding tert-OH is 1. The summed E-state index contributed by atoms with van der Waals surface area (Å²) in [6.07, 6.45) is 2.19. The molecule has 6 heterocycles. The van der Waals surface area contributed by atoms with Crippen LogP contribution in [-0.4, -0.2) is 58.5 Å². The highest BCUT2D eigenvalue weighted by molar-refractivity contribution is 5.91. The molecule has 2 atom stereocenters. The van der Waals surface area contributed by atoms with Gasteiger partial charge in [0.2, 0.25) is 0 Å². The van der Waals surface area contributed by atoms with Crippen LogP contribution in [0.15, 0.2) is 86.7 Å². The number of aromatic nitrogens is 1. The number of aryl methyl sites for hydroxylation is 2. The van der Waals surface area contributed by atoms with Crippen LogP contribution < -0.4 is 14.2 Å². The largest absolute Gasteiger partial charge is 0.493 e. The van der Waals surface area contributed by atoms with E-state index in [0.717, 1.165) is 72.4 Å². The van der Waals surface area contributed by atoms with E-state index in [0.29, 0.717) is 35.0 Å². The maximum Gasteiger partial charge on any atom is 0.343 e. The van der Waals surface area contributed by atoms with Crippen molar-refractivity contribution >= 4 is 44.5 Å². The van der Waals surface area contributed by atoms with Crippen LogP contribution in [0, 0.1) is 13.8 Å². The summed E-state index contributed by atoms with van der Waals surface area (Å²) in [4.78, 5) is 19.8. The summed E-state index contributed by atoms with van der Waals surface area (Å²) in [7, 11) is 3.25. The number of methoxy groups -OCH3 is 2. The molecule has 11 nitrogen and oxygen atoms in total. The third kappa shape index (κ3) is 5.93. The first kappa shape index (κ1) is 35.3. The van der Waals surface area contributed by atoms with Crippen molar-refractivity contribution in [3.8, 4) is 17.2 Å². The van der Waals surface area contributed by atoms with E-state index < -0.39 is 11.6 Å². The molecule has 6 aromatic rings. The fraction of sp³-hybridized carbons (Fsp3) is 0.302. The number of hydrogen-bond acceptors (Lipinski definition) is 11. The average Bonchev–Trinajstić information content (AvgIpc) is 3.89. The molecule has 0 spiro atoms. The number of benzene rings is 3. The first-order valence-electron chi connectivity index (χ1n) is 18.0. The minimum atomic E-state index is -1.63. The van der Waals surface area contributed by atoms with E-state index in [1.54, 1.807) is 21.1 Å². The van der Waals surface area contributed by atoms with Crippen molar-refractivity contribution < 1.29 is 42.8 Å². The maximum atomic E-state index is 12.5. The van der Waals surface area contributed by atoms with Crippen LogP contribution in [0.3, 0.4) is 0 Å². The Bertz CT molecular complexity index is 2530. The molecule has 0 saturated heterocycles. The Kier molecular flexibility index (Phi) is 8.86. The predicted octanol–water partition coefficient (Wildman–Crippen LogP) is 7.67. The lowest BCUT2D eigenvalue weighted by atomic mass is 9.80. The molecule has 0 amide bonds. The van der Waals surface area contributed by atoms with Gasteiger partial charge < -0.3 is 42.9 Å². The average molecular weight is 731 g/mol. The lowest BCUT2D eigenvalue weighted by Crippen LogP contribution is -2.49. The van der Waals surface area contributed by atoms with Crippen LogP contribution in [-0.2, 0) is 29.3 Å². The fourth-order valence-electron chi connectivity index (χ4n) is 7.71. The molecular formula is C43H42N2O9. The molecule has 3 aliphatic heterocycles. The first-order valence-corrected chi connectivity index (χ1v) is 18.0. The molecule has 0 bridgehead atoms. The zero-order chi connectivity index (χ0) is 37.9. The summed E-state index contributed by atoms with van der Waals surface area (Å²) in [5, 5.41) is 23.1. The van der Waals surface area contributed by atoms with Gasteiger partial charge in [-0.05, 0) is 116 Å². The zero-order valence-electron chi connectivity index (χ0n) is 31.1. The van der Waals surface area contributed by atoms with E-state index in [-0.39, 0.29) is 32.3 Å². The molecule has 9 rings (SSSR count). The van der Waals surface area contributed by atoms with Crippen molar-refractivity contribution in [3.05, 3.63) is 112 Å². The summed E-state index contributed by atoms with van der Waals surface area (Å²) in [6, 6.07) is 19.7. The van der Waals surface area contributed by atoms with E-state index in [1.165, 1.54) is 0 Å². The zero-order valence-corrected chi connectivity index (χ0v) is 31.1. The van der Waals surface area contributed by atoms with E-state index in [1.807, 2.05) is 68.5 Å². The molecule has 54 heavy (non-hydrogen) atoms. The van der Waals surface area contributed by atoms with E-state index in [9.17, 15) is 9.90 Å². The molecule has 278 valence electrons. The highest BCUT2D eigenvalue weighted by atomic mass is 16.6. The minimum absolute atomic E-state index is 0.0244. The Balaban J connectivity index is 0.000000248. The second-order valence-electron chi connectivity index (χ2n) is 14.1. The molecule has 1 unspecified atom stereocenters. The number of fused-ring (bicyclic) bond motifs is 6. The number of carbonyl (C=O) groups excluding carboxylic acids is 1. The Morgan fingerprint density at radius 2 is 1.57 bits per heavy atom. The maximum absolute atomic E-state index is 12.5. The first-order chi connectivity index (χ1) is 26.0. The predicted molar refractivity (Wildman–Crippen MR) is 203 cm³/mol. The minimum Gasteiger partial charge on any atom is -0.493 e. The normalized spacial score (nSPS) is 18.9. The number of pyridine rings is 1. The van der Waals surface area contributed by atoms with Gasteiger partial charge in [0.1, 0.15) is 37.1 Å². The Hall–Kier alpha value is -5.78. The van der Waals surface area contributed by atoms with Crippen molar-refractivity contribution in [1.82, 2.24) is 9.88 Å². The molecular weight excluding hydrogens is 688 g/mol. The van der Waals surface area contributed by atoms with Gasteiger partial charge >= 0.3 is 5.97 Å². The molecule has 11 heteroatoms. The van der Waals surface area contributed by atoms with Gasteiger partial charge in [-0.2, -0.15) is 0 Å². The molecule has 0 saturated carbocycles. The van der Waals surface area contributed by atoms with Gasteiger partial charge in [0, 0.05) is 28.3 Å². The fourth-order valence-corrected chi connectivity index (χ4v) is 7.71. The van der Waals surface area contributed by atoms with Crippen molar-refractivity contribution in [2.45, 2.75) is 65.5 Å². The van der Waals surface area contributed by atoms with Gasteiger partial charge in [-0.25, -0.2) is 9.78 Å². The quantitative estimate of drug-likeness (QED) is 0.157. The SMILES string of the molecule is CC[C@@]1(O)C(=O)OCC2=C1C=C1c3nc4ccc(OCc5cc6cc(C)cc(OC)c6o5)cc4cc3CN1C2C.COc1cc(C)cc2cc(CO)oc12. The lowest BCUT2D eigenvalue weighted by Gasteiger charge is -2.41. The number of aliphatic hydroxyl groups is 2. The summed E-state index contributed by atoms with van der Waals surface area (Å²) in [5.74, 6) is 2.84. The van der Waals surface area contributed by atoms with Crippen molar-refractivity contribution in [2.75, 3.05) is 20.8 Å². The Labute approximate surface area is 312 Å². The number of nitrogens with zero attached hydrogens (tertiary/aromatic N) is 2. The van der Waals surface area contributed by atoms with Gasteiger partial charge in [-0.15, -0.1) is 0 Å². The molecule has 3 aromatic heterocycles. The van der Waals surface area contributed by atoms with Gasteiger partial charge in [0.25, 0.3) is 0 Å². The summed E-state index contributed by atoms with van der Waals surface area (Å²) in [5.41, 5.74) is 7.35. The van der Waals surface area contributed by atoms with Crippen LogP contribution in [0.4, 0.5) is 0 Å². The van der Waals surface area contributed by atoms with Crippen LogP contribution in [0.25, 0.3) is 38.5 Å². The van der Waals surface area contributed by atoms with Gasteiger partial charge in [0.15, 0.2) is 28.3 Å². The van der Waals surface area contributed by atoms with E-state index in [4.69, 9.17) is 37.9 Å². The third-order valence-corrected chi connectivity index (χ3v) is 10.5. The standard InChI is InChI=1S/C32H30N2O6.C11H12O3/c1-5-32(36)25-13-27-29-21(14-34(27)18(3)24(25)16-39-31(32)35)10-19-11-22(6-7-26(19)33-29)38-15-23-12-20-8-17(2)9-28(37-4)30(20)40-23;1-7-3-8-5-9(6-12)14-11(8)10(4-7)13-2/h6-13,18,36H,5,14-16H2,1-4H3;3-5,12H,6H2,1-2H3/t18?,32-;/m0./s1. The second-order valence-corrected chi connectivity index (χ2v) is 14.1. The van der Waals surface area contributed by atoms with Gasteiger partial charge in [-0.3, -0.25) is 0 Å². The van der Waals surface area contributed by atoms with Crippen molar-refractivity contribution in [2.24, 2.45) is 0 Å². The van der Waals surface area contributed by atoms with Crippen LogP contribution in [0.1, 0.15) is 54.2 Å². The smallest absolute Gasteiger partial charge is 0.343 e. The molecule has 2 N–H and O–H groups in total. The molecule has 3 aromatic carbocycles. The highest BCUT2D eigenvalue weighted by Gasteiger charge is 2.48. The van der Waals surface area contributed by atoms with Gasteiger partial charge in [-0.1, -0.05) is 6.92 Å². The number of hydrogen-bond donors (Lipinski definition) is 2. The lowest BCUT2D eigenvalue weighted by molar-refractivity contribution is -0.163. The van der Waals surface area contributed by atoms with E-state index >= 15 is 0 Å². The highest BCUT2D eigenvalue weighted by Crippen LogP contribution is 2.45. The summed E-state index contributed by atoms with van der Waals surface area (Å²) in [6.45, 7) is 8.99. The molecule has 0 radical (unpaired) electrons. The number of cyclic esters (lactones) is 1. The Morgan fingerprint density at radius 1 is 0.907 bits per heavy atom. The second kappa shape index (κ2) is 13.6. The monoisotopic (exact) mass is 730 g/mol. The van der Waals surface area contributed by atoms with Crippen LogP contribution in [0.2, 0.25) is 0 Å². The molecule has 0 aliphatic carbocycles. The Morgan fingerprint density at radius 3 is 2.22 bits per heavy atom. The topological polar surface area (TPSA) is 137 Å². The third-order valence-electron chi connectivity index (χ3n) is 10.5. The number of furan rings is 2.